The van der Waals surface area contributed by atoms with Gasteiger partial charge in [0.25, 0.3) is 5.91 Å². The first-order chi connectivity index (χ1) is 11.1. The fraction of sp³-hybridized carbons (Fsp3) is 0.316. The van der Waals surface area contributed by atoms with E-state index < -0.39 is 0 Å². The largest absolute Gasteiger partial charge is 0.488 e. The molecule has 2 aromatic rings. The molecule has 1 amide bonds. The third kappa shape index (κ3) is 5.40. The normalized spacial score (nSPS) is 10.6. The number of carbonyl (C=O) groups excluding carboxylic acids is 1. The van der Waals surface area contributed by atoms with Gasteiger partial charge in [-0.25, -0.2) is 4.39 Å². The number of benzene rings is 2. The van der Waals surface area contributed by atoms with Crippen LogP contribution in [0.4, 0.5) is 4.39 Å². The highest BCUT2D eigenvalue weighted by Gasteiger charge is 2.12. The van der Waals surface area contributed by atoms with Crippen LogP contribution in [0.15, 0.2) is 48.5 Å². The number of hydrogen-bond acceptors (Lipinski definition) is 2. The van der Waals surface area contributed by atoms with Crippen molar-refractivity contribution in [2.24, 2.45) is 5.92 Å². The van der Waals surface area contributed by atoms with Crippen molar-refractivity contribution in [2.75, 3.05) is 6.54 Å². The number of hydrogen-bond donors (Lipinski definition) is 1. The van der Waals surface area contributed by atoms with Crippen molar-refractivity contribution in [3.05, 3.63) is 65.5 Å². The van der Waals surface area contributed by atoms with Crippen molar-refractivity contribution < 1.29 is 13.9 Å². The van der Waals surface area contributed by atoms with Gasteiger partial charge in [0.05, 0.1) is 5.56 Å². The van der Waals surface area contributed by atoms with E-state index in [4.69, 9.17) is 4.74 Å². The lowest BCUT2D eigenvalue weighted by Gasteiger charge is -2.12. The van der Waals surface area contributed by atoms with Gasteiger partial charge >= 0.3 is 0 Å². The molecule has 0 aliphatic carbocycles. The molecule has 0 saturated heterocycles. The SMILES string of the molecule is CC(C)CCNC(=O)c1ccccc1OCc1ccc(F)cc1. The molecule has 23 heavy (non-hydrogen) atoms. The molecule has 0 heterocycles. The second-order valence-electron chi connectivity index (χ2n) is 5.85. The maximum absolute atomic E-state index is 12.9. The molecule has 0 radical (unpaired) electrons. The smallest absolute Gasteiger partial charge is 0.255 e. The molecule has 4 heteroatoms. The van der Waals surface area contributed by atoms with E-state index in [9.17, 15) is 9.18 Å². The molecule has 0 bridgehead atoms. The van der Waals surface area contributed by atoms with Crippen LogP contribution in [-0.4, -0.2) is 12.5 Å². The molecule has 0 aromatic heterocycles. The summed E-state index contributed by atoms with van der Waals surface area (Å²) in [4.78, 5) is 12.3. The molecule has 122 valence electrons. The van der Waals surface area contributed by atoms with Crippen molar-refractivity contribution >= 4 is 5.91 Å². The third-order valence-corrected chi connectivity index (χ3v) is 3.45. The van der Waals surface area contributed by atoms with Crippen molar-refractivity contribution in [3.63, 3.8) is 0 Å². The van der Waals surface area contributed by atoms with Crippen LogP contribution in [0.2, 0.25) is 0 Å². The Hall–Kier alpha value is -2.36. The Bertz CT molecular complexity index is 638. The third-order valence-electron chi connectivity index (χ3n) is 3.45. The van der Waals surface area contributed by atoms with E-state index in [1.165, 1.54) is 12.1 Å². The molecule has 0 atom stereocenters. The molecular formula is C19H22FNO2. The molecular weight excluding hydrogens is 293 g/mol. The van der Waals surface area contributed by atoms with Gasteiger partial charge in [-0.2, -0.15) is 0 Å². The second kappa shape index (κ2) is 8.32. The van der Waals surface area contributed by atoms with Crippen molar-refractivity contribution in [2.45, 2.75) is 26.9 Å². The quantitative estimate of drug-likeness (QED) is 0.832. The summed E-state index contributed by atoms with van der Waals surface area (Å²) in [5.41, 5.74) is 1.36. The first-order valence-electron chi connectivity index (χ1n) is 7.80. The Morgan fingerprint density at radius 1 is 1.13 bits per heavy atom. The molecule has 0 aliphatic heterocycles. The summed E-state index contributed by atoms with van der Waals surface area (Å²) in [6, 6.07) is 13.3. The standard InChI is InChI=1S/C19H22FNO2/c1-14(2)11-12-21-19(22)17-5-3-4-6-18(17)23-13-15-7-9-16(20)10-8-15/h3-10,14H,11-13H2,1-2H3,(H,21,22). The van der Waals surface area contributed by atoms with Gasteiger partial charge in [-0.1, -0.05) is 38.1 Å². The highest BCUT2D eigenvalue weighted by molar-refractivity contribution is 5.96. The van der Waals surface area contributed by atoms with Crippen molar-refractivity contribution in [1.82, 2.24) is 5.32 Å². The van der Waals surface area contributed by atoms with Crippen LogP contribution >= 0.6 is 0 Å². The van der Waals surface area contributed by atoms with Gasteiger partial charge in [-0.05, 0) is 42.2 Å². The maximum atomic E-state index is 12.9. The van der Waals surface area contributed by atoms with Crippen LogP contribution < -0.4 is 10.1 Å². The van der Waals surface area contributed by atoms with E-state index >= 15 is 0 Å². The van der Waals surface area contributed by atoms with Crippen LogP contribution in [0.3, 0.4) is 0 Å². The Balaban J connectivity index is 1.99. The Morgan fingerprint density at radius 2 is 1.83 bits per heavy atom. The van der Waals surface area contributed by atoms with Crippen molar-refractivity contribution in [3.8, 4) is 5.75 Å². The second-order valence-corrected chi connectivity index (χ2v) is 5.85. The summed E-state index contributed by atoms with van der Waals surface area (Å²) in [5, 5.41) is 2.91. The van der Waals surface area contributed by atoms with E-state index in [0.717, 1.165) is 12.0 Å². The van der Waals surface area contributed by atoms with Crippen LogP contribution in [0.5, 0.6) is 5.75 Å². The zero-order valence-electron chi connectivity index (χ0n) is 13.5. The summed E-state index contributed by atoms with van der Waals surface area (Å²) in [5.74, 6) is 0.651. The average Bonchev–Trinajstić information content (AvgIpc) is 2.54. The molecule has 1 N–H and O–H groups in total. The van der Waals surface area contributed by atoms with Gasteiger partial charge in [0.2, 0.25) is 0 Å². The van der Waals surface area contributed by atoms with Crippen LogP contribution in [-0.2, 0) is 6.61 Å². The minimum absolute atomic E-state index is 0.139. The monoisotopic (exact) mass is 315 g/mol. The summed E-state index contributed by atoms with van der Waals surface area (Å²) in [7, 11) is 0. The zero-order valence-corrected chi connectivity index (χ0v) is 13.5. The summed E-state index contributed by atoms with van der Waals surface area (Å²) >= 11 is 0. The van der Waals surface area contributed by atoms with E-state index in [1.807, 2.05) is 12.1 Å². The average molecular weight is 315 g/mol. The van der Waals surface area contributed by atoms with Crippen LogP contribution in [0, 0.1) is 11.7 Å². The lowest BCUT2D eigenvalue weighted by Crippen LogP contribution is -2.25. The highest BCUT2D eigenvalue weighted by atomic mass is 19.1. The predicted molar refractivity (Wildman–Crippen MR) is 89.0 cm³/mol. The number of amides is 1. The first kappa shape index (κ1) is 17.0. The minimum Gasteiger partial charge on any atom is -0.488 e. The van der Waals surface area contributed by atoms with Crippen molar-refractivity contribution in [1.29, 1.82) is 0 Å². The van der Waals surface area contributed by atoms with E-state index in [0.29, 0.717) is 23.8 Å². The van der Waals surface area contributed by atoms with Gasteiger partial charge in [-0.15, -0.1) is 0 Å². The number of carbonyl (C=O) groups is 1. The number of halogens is 1. The highest BCUT2D eigenvalue weighted by Crippen LogP contribution is 2.19. The van der Waals surface area contributed by atoms with Gasteiger partial charge in [0.1, 0.15) is 18.2 Å². The number of para-hydroxylation sites is 1. The minimum atomic E-state index is -0.279. The molecule has 0 saturated carbocycles. The summed E-state index contributed by atoms with van der Waals surface area (Å²) in [6.45, 7) is 5.16. The van der Waals surface area contributed by atoms with Gasteiger partial charge in [-0.3, -0.25) is 4.79 Å². The summed E-state index contributed by atoms with van der Waals surface area (Å²) < 4.78 is 18.6. The molecule has 2 rings (SSSR count). The Morgan fingerprint density at radius 3 is 2.52 bits per heavy atom. The lowest BCUT2D eigenvalue weighted by atomic mass is 10.1. The number of ether oxygens (including phenoxy) is 1. The number of rotatable bonds is 7. The van der Waals surface area contributed by atoms with E-state index in [1.54, 1.807) is 24.3 Å². The topological polar surface area (TPSA) is 38.3 Å². The fourth-order valence-electron chi connectivity index (χ4n) is 2.09. The Labute approximate surface area is 136 Å². The molecule has 0 spiro atoms. The summed E-state index contributed by atoms with van der Waals surface area (Å²) in [6.07, 6.45) is 0.935. The van der Waals surface area contributed by atoms with Gasteiger partial charge in [0, 0.05) is 6.54 Å². The van der Waals surface area contributed by atoms with E-state index in [-0.39, 0.29) is 18.3 Å². The van der Waals surface area contributed by atoms with E-state index in [2.05, 4.69) is 19.2 Å². The zero-order chi connectivity index (χ0) is 16.7. The van der Waals surface area contributed by atoms with Crippen LogP contribution in [0.25, 0.3) is 0 Å². The fourth-order valence-corrected chi connectivity index (χ4v) is 2.09. The van der Waals surface area contributed by atoms with Gasteiger partial charge in [0.15, 0.2) is 0 Å². The van der Waals surface area contributed by atoms with Crippen LogP contribution in [0.1, 0.15) is 36.2 Å². The molecule has 3 nitrogen and oxygen atoms in total. The molecule has 0 fully saturated rings. The first-order valence-corrected chi connectivity index (χ1v) is 7.80. The lowest BCUT2D eigenvalue weighted by molar-refractivity contribution is 0.0947. The number of nitrogens with one attached hydrogen (secondary N) is 1. The molecule has 0 unspecified atom stereocenters. The molecule has 0 aliphatic rings. The Kier molecular flexibility index (Phi) is 6.15. The maximum Gasteiger partial charge on any atom is 0.255 e. The molecule has 2 aromatic carbocycles. The van der Waals surface area contributed by atoms with Gasteiger partial charge < -0.3 is 10.1 Å². The predicted octanol–water partition coefficient (Wildman–Crippen LogP) is 4.18.